The first-order valence-corrected chi connectivity index (χ1v) is 9.90. The standard InChI is InChI=1S/C21H19ClO4S/c22-14-7-2-1-5-13(14)18-9-17(25)20-16(24)8-15(23)19(21(20)26-18)12-6-3-4-11(12)10-27/h1-2,5,7-9,11-12,23-24,27H,3-4,6,10H2. The number of rotatable bonds is 3. The summed E-state index contributed by atoms with van der Waals surface area (Å²) >= 11 is 10.7. The summed E-state index contributed by atoms with van der Waals surface area (Å²) in [6, 6.07) is 9.65. The van der Waals surface area contributed by atoms with Gasteiger partial charge in [-0.2, -0.15) is 12.6 Å². The van der Waals surface area contributed by atoms with Crippen molar-refractivity contribution in [3.05, 3.63) is 57.2 Å². The first kappa shape index (κ1) is 18.3. The maximum absolute atomic E-state index is 12.8. The molecule has 4 rings (SSSR count). The molecule has 4 nitrogen and oxygen atoms in total. The van der Waals surface area contributed by atoms with Gasteiger partial charge in [0.1, 0.15) is 28.2 Å². The second-order valence-corrected chi connectivity index (χ2v) is 7.74. The Labute approximate surface area is 166 Å². The van der Waals surface area contributed by atoms with Gasteiger partial charge in [-0.3, -0.25) is 4.79 Å². The highest BCUT2D eigenvalue weighted by Gasteiger charge is 2.33. The highest BCUT2D eigenvalue weighted by atomic mass is 35.5. The van der Waals surface area contributed by atoms with Crippen LogP contribution in [-0.4, -0.2) is 16.0 Å². The molecular formula is C21H19ClO4S. The SMILES string of the molecule is O=c1cc(-c2ccccc2Cl)oc2c(C3CCCC3CS)c(O)cc(O)c12. The lowest BCUT2D eigenvalue weighted by Crippen LogP contribution is -2.10. The predicted molar refractivity (Wildman–Crippen MR) is 110 cm³/mol. The van der Waals surface area contributed by atoms with Gasteiger partial charge < -0.3 is 14.6 Å². The molecule has 0 bridgehead atoms. The van der Waals surface area contributed by atoms with Crippen molar-refractivity contribution < 1.29 is 14.6 Å². The van der Waals surface area contributed by atoms with Crippen molar-refractivity contribution in [2.45, 2.75) is 25.2 Å². The average Bonchev–Trinajstić information content (AvgIpc) is 3.09. The summed E-state index contributed by atoms with van der Waals surface area (Å²) < 4.78 is 6.08. The van der Waals surface area contributed by atoms with E-state index in [0.29, 0.717) is 27.7 Å². The van der Waals surface area contributed by atoms with Crippen molar-refractivity contribution in [1.29, 1.82) is 0 Å². The number of hydrogen-bond acceptors (Lipinski definition) is 5. The molecule has 1 aliphatic rings. The summed E-state index contributed by atoms with van der Waals surface area (Å²) in [5.74, 6) is 0.950. The predicted octanol–water partition coefficient (Wildman–Crippen LogP) is 5.34. The highest BCUT2D eigenvalue weighted by Crippen LogP contribution is 2.48. The van der Waals surface area contributed by atoms with Gasteiger partial charge in [-0.25, -0.2) is 0 Å². The lowest BCUT2D eigenvalue weighted by molar-refractivity contribution is 0.432. The lowest BCUT2D eigenvalue weighted by atomic mass is 9.87. The van der Waals surface area contributed by atoms with Crippen molar-refractivity contribution in [3.8, 4) is 22.8 Å². The fourth-order valence-corrected chi connectivity index (χ4v) is 4.77. The van der Waals surface area contributed by atoms with E-state index in [1.165, 1.54) is 12.1 Å². The molecule has 0 aliphatic heterocycles. The number of thiol groups is 1. The number of halogens is 1. The molecule has 27 heavy (non-hydrogen) atoms. The van der Waals surface area contributed by atoms with Crippen LogP contribution in [0, 0.1) is 5.92 Å². The molecule has 1 saturated carbocycles. The third-order valence-corrected chi connectivity index (χ3v) is 6.20. The zero-order valence-electron chi connectivity index (χ0n) is 14.5. The van der Waals surface area contributed by atoms with Gasteiger partial charge >= 0.3 is 0 Å². The van der Waals surface area contributed by atoms with E-state index in [1.807, 2.05) is 0 Å². The van der Waals surface area contributed by atoms with Crippen molar-refractivity contribution >= 4 is 35.2 Å². The molecule has 0 amide bonds. The summed E-state index contributed by atoms with van der Waals surface area (Å²) in [4.78, 5) is 12.8. The molecular weight excluding hydrogens is 384 g/mol. The topological polar surface area (TPSA) is 70.7 Å². The van der Waals surface area contributed by atoms with E-state index in [2.05, 4.69) is 12.6 Å². The third-order valence-electron chi connectivity index (χ3n) is 5.40. The first-order valence-electron chi connectivity index (χ1n) is 8.89. The Morgan fingerprint density at radius 1 is 1.15 bits per heavy atom. The van der Waals surface area contributed by atoms with Crippen LogP contribution in [0.4, 0.5) is 0 Å². The summed E-state index contributed by atoms with van der Waals surface area (Å²) in [5, 5.41) is 21.4. The molecule has 6 heteroatoms. The van der Waals surface area contributed by atoms with Gasteiger partial charge in [0.15, 0.2) is 5.43 Å². The molecule has 0 radical (unpaired) electrons. The van der Waals surface area contributed by atoms with E-state index >= 15 is 0 Å². The largest absolute Gasteiger partial charge is 0.507 e. The van der Waals surface area contributed by atoms with Crippen LogP contribution < -0.4 is 5.43 Å². The van der Waals surface area contributed by atoms with E-state index in [4.69, 9.17) is 16.0 Å². The number of fused-ring (bicyclic) bond motifs is 1. The minimum absolute atomic E-state index is 0.0234. The van der Waals surface area contributed by atoms with Gasteiger partial charge in [0, 0.05) is 23.3 Å². The molecule has 1 fully saturated rings. The zero-order valence-corrected chi connectivity index (χ0v) is 16.1. The molecule has 1 heterocycles. The number of phenols is 2. The second-order valence-electron chi connectivity index (χ2n) is 6.97. The van der Waals surface area contributed by atoms with E-state index in [9.17, 15) is 15.0 Å². The number of hydrogen-bond donors (Lipinski definition) is 3. The summed E-state index contributed by atoms with van der Waals surface area (Å²) in [7, 11) is 0. The Bertz CT molecular complexity index is 1080. The number of aromatic hydroxyl groups is 2. The van der Waals surface area contributed by atoms with Crippen LogP contribution in [0.25, 0.3) is 22.3 Å². The van der Waals surface area contributed by atoms with Gasteiger partial charge in [-0.05, 0) is 42.6 Å². The van der Waals surface area contributed by atoms with Gasteiger partial charge in [0.25, 0.3) is 0 Å². The lowest BCUT2D eigenvalue weighted by Gasteiger charge is -2.21. The summed E-state index contributed by atoms with van der Waals surface area (Å²) in [6.45, 7) is 0. The minimum atomic E-state index is -0.370. The van der Waals surface area contributed by atoms with Crippen LogP contribution in [0.15, 0.2) is 45.6 Å². The van der Waals surface area contributed by atoms with E-state index in [-0.39, 0.29) is 39.7 Å². The Kier molecular flexibility index (Phi) is 4.82. The van der Waals surface area contributed by atoms with Crippen molar-refractivity contribution in [2.24, 2.45) is 5.92 Å². The van der Waals surface area contributed by atoms with Crippen molar-refractivity contribution in [1.82, 2.24) is 0 Å². The second kappa shape index (κ2) is 7.13. The van der Waals surface area contributed by atoms with Crippen LogP contribution in [0.5, 0.6) is 11.5 Å². The van der Waals surface area contributed by atoms with Crippen LogP contribution in [0.2, 0.25) is 5.02 Å². The monoisotopic (exact) mass is 402 g/mol. The van der Waals surface area contributed by atoms with E-state index < -0.39 is 0 Å². The molecule has 1 aromatic heterocycles. The van der Waals surface area contributed by atoms with Gasteiger partial charge in [0.2, 0.25) is 0 Å². The fourth-order valence-electron chi connectivity index (χ4n) is 4.11. The normalized spacial score (nSPS) is 19.6. The fraction of sp³-hybridized carbons (Fsp3) is 0.286. The van der Waals surface area contributed by atoms with Crippen molar-refractivity contribution in [2.75, 3.05) is 5.75 Å². The average molecular weight is 403 g/mol. The van der Waals surface area contributed by atoms with Crippen LogP contribution in [-0.2, 0) is 0 Å². The molecule has 1 aliphatic carbocycles. The van der Waals surface area contributed by atoms with Gasteiger partial charge in [-0.1, -0.05) is 30.2 Å². The van der Waals surface area contributed by atoms with Gasteiger partial charge in [-0.15, -0.1) is 0 Å². The highest BCUT2D eigenvalue weighted by molar-refractivity contribution is 7.80. The van der Waals surface area contributed by atoms with Crippen LogP contribution in [0.1, 0.15) is 30.7 Å². The van der Waals surface area contributed by atoms with Crippen LogP contribution >= 0.6 is 24.2 Å². The third kappa shape index (κ3) is 3.09. The molecule has 3 aromatic rings. The van der Waals surface area contributed by atoms with E-state index in [1.54, 1.807) is 24.3 Å². The maximum atomic E-state index is 12.8. The Balaban J connectivity index is 2.03. The molecule has 2 unspecified atom stereocenters. The molecule has 0 saturated heterocycles. The minimum Gasteiger partial charge on any atom is -0.507 e. The Hall–Kier alpha value is -2.11. The molecule has 2 aromatic carbocycles. The molecule has 140 valence electrons. The smallest absolute Gasteiger partial charge is 0.197 e. The summed E-state index contributed by atoms with van der Waals surface area (Å²) in [6.07, 6.45) is 2.90. The molecule has 0 spiro atoms. The Morgan fingerprint density at radius 2 is 1.93 bits per heavy atom. The first-order chi connectivity index (χ1) is 13.0. The Morgan fingerprint density at radius 3 is 2.67 bits per heavy atom. The molecule has 2 N–H and O–H groups in total. The maximum Gasteiger partial charge on any atom is 0.197 e. The molecule has 2 atom stereocenters. The number of phenolic OH excluding ortho intramolecular Hbond substituents is 2. The van der Waals surface area contributed by atoms with Crippen molar-refractivity contribution in [3.63, 3.8) is 0 Å². The quantitative estimate of drug-likeness (QED) is 0.517. The number of benzene rings is 2. The zero-order chi connectivity index (χ0) is 19.1. The van der Waals surface area contributed by atoms with E-state index in [0.717, 1.165) is 19.3 Å². The van der Waals surface area contributed by atoms with Crippen LogP contribution in [0.3, 0.4) is 0 Å². The summed E-state index contributed by atoms with van der Waals surface area (Å²) in [5.41, 5.74) is 1.02. The van der Waals surface area contributed by atoms with Gasteiger partial charge in [0.05, 0.1) is 5.02 Å².